The van der Waals surface area contributed by atoms with Crippen molar-refractivity contribution in [3.8, 4) is 5.75 Å². The van der Waals surface area contributed by atoms with E-state index in [1.165, 1.54) is 11.3 Å². The standard InChI is InChI=1S/C25H29N5O3S/c31-23(26-11-16-33-21-9-5-2-6-10-21)18-29-12-14-30(15-13-29)24(32)22-19-34-25(28-22)27-17-20-7-3-1-4-8-20/h1-10,19H,11-18H2,(H,26,31)(H,27,28). The third-order valence-corrected chi connectivity index (χ3v) is 6.27. The van der Waals surface area contributed by atoms with Crippen molar-refractivity contribution in [1.29, 1.82) is 0 Å². The lowest BCUT2D eigenvalue weighted by Gasteiger charge is -2.33. The van der Waals surface area contributed by atoms with Gasteiger partial charge >= 0.3 is 0 Å². The van der Waals surface area contributed by atoms with Crippen LogP contribution in [0.15, 0.2) is 66.0 Å². The van der Waals surface area contributed by atoms with Gasteiger partial charge in [0.05, 0.1) is 13.1 Å². The molecule has 0 bridgehead atoms. The highest BCUT2D eigenvalue weighted by molar-refractivity contribution is 7.13. The highest BCUT2D eigenvalue weighted by atomic mass is 32.1. The predicted octanol–water partition coefficient (Wildman–Crippen LogP) is 2.71. The maximum absolute atomic E-state index is 12.8. The van der Waals surface area contributed by atoms with E-state index in [0.29, 0.717) is 58.1 Å². The highest BCUT2D eigenvalue weighted by Crippen LogP contribution is 2.18. The zero-order valence-electron chi connectivity index (χ0n) is 19.0. The van der Waals surface area contributed by atoms with Gasteiger partial charge in [-0.25, -0.2) is 4.98 Å². The molecular formula is C25H29N5O3S. The summed E-state index contributed by atoms with van der Waals surface area (Å²) in [6.45, 7) is 4.33. The molecule has 1 aliphatic heterocycles. The summed E-state index contributed by atoms with van der Waals surface area (Å²) in [5.41, 5.74) is 1.62. The summed E-state index contributed by atoms with van der Waals surface area (Å²) in [5.74, 6) is 0.688. The van der Waals surface area contributed by atoms with Crippen molar-refractivity contribution < 1.29 is 14.3 Å². The fraction of sp³-hybridized carbons (Fsp3) is 0.320. The minimum absolute atomic E-state index is 0.0370. The van der Waals surface area contributed by atoms with Crippen LogP contribution in [0.5, 0.6) is 5.75 Å². The summed E-state index contributed by atoms with van der Waals surface area (Å²) < 4.78 is 5.59. The van der Waals surface area contributed by atoms with Crippen molar-refractivity contribution in [2.75, 3.05) is 51.2 Å². The van der Waals surface area contributed by atoms with E-state index in [1.54, 1.807) is 10.3 Å². The lowest BCUT2D eigenvalue weighted by molar-refractivity contribution is -0.122. The Morgan fingerprint density at radius 1 is 0.971 bits per heavy atom. The van der Waals surface area contributed by atoms with Crippen LogP contribution < -0.4 is 15.4 Å². The molecule has 34 heavy (non-hydrogen) atoms. The van der Waals surface area contributed by atoms with Crippen LogP contribution in [0.25, 0.3) is 0 Å². The Labute approximate surface area is 203 Å². The SMILES string of the molecule is O=C(CN1CCN(C(=O)c2csc(NCc3ccccc3)n2)CC1)NCCOc1ccccc1. The van der Waals surface area contributed by atoms with E-state index >= 15 is 0 Å². The summed E-state index contributed by atoms with van der Waals surface area (Å²) >= 11 is 1.43. The lowest BCUT2D eigenvalue weighted by Crippen LogP contribution is -2.51. The number of rotatable bonds is 10. The number of ether oxygens (including phenoxy) is 1. The van der Waals surface area contributed by atoms with Crippen LogP contribution in [0.2, 0.25) is 0 Å². The first-order valence-electron chi connectivity index (χ1n) is 11.4. The molecule has 0 saturated carbocycles. The fourth-order valence-electron chi connectivity index (χ4n) is 3.63. The Hall–Kier alpha value is -3.43. The number of hydrogen-bond acceptors (Lipinski definition) is 7. The van der Waals surface area contributed by atoms with Crippen molar-refractivity contribution in [3.05, 3.63) is 77.3 Å². The molecule has 4 rings (SSSR count). The normalized spacial score (nSPS) is 13.9. The van der Waals surface area contributed by atoms with E-state index in [9.17, 15) is 9.59 Å². The Bertz CT molecular complexity index is 1050. The first-order chi connectivity index (χ1) is 16.7. The van der Waals surface area contributed by atoms with Gasteiger partial charge in [-0.05, 0) is 17.7 Å². The number of piperazine rings is 1. The number of para-hydroxylation sites is 1. The van der Waals surface area contributed by atoms with Crippen molar-refractivity contribution in [2.45, 2.75) is 6.54 Å². The molecule has 1 saturated heterocycles. The Morgan fingerprint density at radius 2 is 1.68 bits per heavy atom. The number of anilines is 1. The highest BCUT2D eigenvalue weighted by Gasteiger charge is 2.24. The van der Waals surface area contributed by atoms with Gasteiger partial charge in [-0.2, -0.15) is 0 Å². The van der Waals surface area contributed by atoms with Crippen LogP contribution in [0.4, 0.5) is 5.13 Å². The summed E-state index contributed by atoms with van der Waals surface area (Å²) in [4.78, 5) is 33.4. The number of nitrogens with zero attached hydrogens (tertiary/aromatic N) is 3. The zero-order valence-corrected chi connectivity index (χ0v) is 19.8. The number of nitrogens with one attached hydrogen (secondary N) is 2. The molecule has 178 valence electrons. The largest absolute Gasteiger partial charge is 0.492 e. The molecule has 0 atom stereocenters. The van der Waals surface area contributed by atoms with Crippen LogP contribution >= 0.6 is 11.3 Å². The third-order valence-electron chi connectivity index (χ3n) is 5.47. The Morgan fingerprint density at radius 3 is 2.41 bits per heavy atom. The van der Waals surface area contributed by atoms with Crippen molar-refractivity contribution in [1.82, 2.24) is 20.1 Å². The molecule has 0 spiro atoms. The molecule has 2 amide bonds. The number of carbonyl (C=O) groups is 2. The molecule has 3 aromatic rings. The van der Waals surface area contributed by atoms with E-state index < -0.39 is 0 Å². The minimum Gasteiger partial charge on any atom is -0.492 e. The number of aromatic nitrogens is 1. The van der Waals surface area contributed by atoms with Crippen LogP contribution in [0.1, 0.15) is 16.1 Å². The van der Waals surface area contributed by atoms with Gasteiger partial charge in [-0.3, -0.25) is 14.5 Å². The van der Waals surface area contributed by atoms with Gasteiger partial charge in [0.1, 0.15) is 18.1 Å². The van der Waals surface area contributed by atoms with E-state index in [0.717, 1.165) is 16.4 Å². The number of benzene rings is 2. The van der Waals surface area contributed by atoms with Crippen molar-refractivity contribution in [2.24, 2.45) is 0 Å². The van der Waals surface area contributed by atoms with E-state index in [2.05, 4.69) is 20.5 Å². The van der Waals surface area contributed by atoms with Crippen molar-refractivity contribution in [3.63, 3.8) is 0 Å². The molecule has 1 fully saturated rings. The predicted molar refractivity (Wildman–Crippen MR) is 133 cm³/mol. The molecule has 0 aliphatic carbocycles. The van der Waals surface area contributed by atoms with Gasteiger partial charge in [0.15, 0.2) is 5.13 Å². The average Bonchev–Trinajstić information content (AvgIpc) is 3.36. The maximum atomic E-state index is 12.8. The smallest absolute Gasteiger partial charge is 0.273 e. The van der Waals surface area contributed by atoms with Gasteiger partial charge < -0.3 is 20.3 Å². The van der Waals surface area contributed by atoms with Crippen molar-refractivity contribution >= 4 is 28.3 Å². The second-order valence-corrected chi connectivity index (χ2v) is 8.81. The zero-order chi connectivity index (χ0) is 23.6. The second-order valence-electron chi connectivity index (χ2n) is 7.96. The first kappa shape index (κ1) is 23.7. The van der Waals surface area contributed by atoms with Crippen LogP contribution in [-0.4, -0.2) is 72.5 Å². The molecule has 8 nitrogen and oxygen atoms in total. The molecule has 0 unspecified atom stereocenters. The third kappa shape index (κ3) is 7.03. The summed E-state index contributed by atoms with van der Waals surface area (Å²) in [6, 6.07) is 19.6. The molecule has 1 aliphatic rings. The van der Waals surface area contributed by atoms with E-state index in [-0.39, 0.29) is 11.8 Å². The van der Waals surface area contributed by atoms with Gasteiger partial charge in [0, 0.05) is 38.1 Å². The average molecular weight is 480 g/mol. The van der Waals surface area contributed by atoms with Gasteiger partial charge in [0.2, 0.25) is 5.91 Å². The Balaban J connectivity index is 1.14. The quantitative estimate of drug-likeness (QED) is 0.435. The van der Waals surface area contributed by atoms with Crippen LogP contribution in [0, 0.1) is 0 Å². The Kier molecular flexibility index (Phi) is 8.48. The van der Waals surface area contributed by atoms with Gasteiger partial charge in [0.25, 0.3) is 5.91 Å². The fourth-order valence-corrected chi connectivity index (χ4v) is 4.32. The van der Waals surface area contributed by atoms with Gasteiger partial charge in [-0.1, -0.05) is 48.5 Å². The molecule has 1 aromatic heterocycles. The van der Waals surface area contributed by atoms with Crippen LogP contribution in [-0.2, 0) is 11.3 Å². The lowest BCUT2D eigenvalue weighted by atomic mass is 10.2. The first-order valence-corrected chi connectivity index (χ1v) is 12.2. The molecular weight excluding hydrogens is 450 g/mol. The monoisotopic (exact) mass is 479 g/mol. The number of hydrogen-bond donors (Lipinski definition) is 2. The number of thiazole rings is 1. The molecule has 2 N–H and O–H groups in total. The summed E-state index contributed by atoms with van der Waals surface area (Å²) in [6.07, 6.45) is 0. The summed E-state index contributed by atoms with van der Waals surface area (Å²) in [7, 11) is 0. The van der Waals surface area contributed by atoms with E-state index in [1.807, 2.05) is 60.7 Å². The van der Waals surface area contributed by atoms with E-state index in [4.69, 9.17) is 4.74 Å². The number of carbonyl (C=O) groups excluding carboxylic acids is 2. The molecule has 2 aromatic carbocycles. The minimum atomic E-state index is -0.0637. The van der Waals surface area contributed by atoms with Gasteiger partial charge in [-0.15, -0.1) is 11.3 Å². The molecule has 0 radical (unpaired) electrons. The summed E-state index contributed by atoms with van der Waals surface area (Å²) in [5, 5.41) is 8.69. The number of amides is 2. The van der Waals surface area contributed by atoms with Crippen LogP contribution in [0.3, 0.4) is 0 Å². The molecule has 2 heterocycles. The maximum Gasteiger partial charge on any atom is 0.273 e. The molecule has 9 heteroatoms. The topological polar surface area (TPSA) is 86.8 Å². The second kappa shape index (κ2) is 12.2.